The van der Waals surface area contributed by atoms with Crippen molar-refractivity contribution in [2.24, 2.45) is 0 Å². The third-order valence-electron chi connectivity index (χ3n) is 6.82. The summed E-state index contributed by atoms with van der Waals surface area (Å²) in [4.78, 5) is 27.4. The standard InChI is InChI=1S/C30H26N6O4S2/c1-20(22-7-3-2-4-8-22)42(38,39)35-23-9-10-25-24(16-23)33-30(36(25)15-13-21-6-5-14-31-17-21)34-29(37)28-12-11-27(41-28)26-18-32-19-40-26/h2-12,14,16-20,35H,13,15H2,1H3,(H,33,34,37). The topological polar surface area (TPSA) is 132 Å². The van der Waals surface area contributed by atoms with Gasteiger partial charge in [0.15, 0.2) is 12.2 Å². The number of nitrogens with one attached hydrogen (secondary N) is 2. The molecule has 0 saturated heterocycles. The van der Waals surface area contributed by atoms with Gasteiger partial charge in [-0.05, 0) is 60.9 Å². The van der Waals surface area contributed by atoms with Crippen molar-refractivity contribution in [1.29, 1.82) is 0 Å². The Labute approximate surface area is 246 Å². The summed E-state index contributed by atoms with van der Waals surface area (Å²) in [6, 6.07) is 21.6. The number of aryl methyl sites for hydroxylation is 2. The molecule has 0 spiro atoms. The van der Waals surface area contributed by atoms with E-state index in [1.807, 2.05) is 34.9 Å². The van der Waals surface area contributed by atoms with E-state index in [1.54, 1.807) is 68.0 Å². The maximum atomic E-state index is 13.3. The summed E-state index contributed by atoms with van der Waals surface area (Å²) in [7, 11) is -3.73. The molecule has 42 heavy (non-hydrogen) atoms. The molecule has 2 aromatic carbocycles. The molecule has 0 aliphatic carbocycles. The number of hydrogen-bond donors (Lipinski definition) is 2. The second-order valence-corrected chi connectivity index (χ2v) is 12.7. The van der Waals surface area contributed by atoms with Gasteiger partial charge in [0.2, 0.25) is 16.0 Å². The van der Waals surface area contributed by atoms with Crippen LogP contribution in [0.4, 0.5) is 11.6 Å². The summed E-state index contributed by atoms with van der Waals surface area (Å²) in [5.74, 6) is 0.617. The molecule has 0 aliphatic rings. The lowest BCUT2D eigenvalue weighted by molar-refractivity contribution is 0.102. The van der Waals surface area contributed by atoms with Crippen molar-refractivity contribution in [1.82, 2.24) is 19.5 Å². The molecule has 1 amide bonds. The number of nitrogens with zero attached hydrogens (tertiary/aromatic N) is 4. The monoisotopic (exact) mass is 598 g/mol. The molecule has 10 nitrogen and oxygen atoms in total. The molecule has 6 rings (SSSR count). The Kier molecular flexibility index (Phi) is 7.55. The molecule has 0 bridgehead atoms. The molecule has 0 fully saturated rings. The quantitative estimate of drug-likeness (QED) is 0.193. The van der Waals surface area contributed by atoms with E-state index in [9.17, 15) is 13.2 Å². The second kappa shape index (κ2) is 11.6. The fraction of sp³-hybridized carbons (Fsp3) is 0.133. The predicted octanol–water partition coefficient (Wildman–Crippen LogP) is 6.15. The smallest absolute Gasteiger partial charge is 0.268 e. The molecular weight excluding hydrogens is 573 g/mol. The van der Waals surface area contributed by atoms with Crippen molar-refractivity contribution < 1.29 is 17.6 Å². The van der Waals surface area contributed by atoms with Crippen LogP contribution < -0.4 is 10.0 Å². The first-order valence-corrected chi connectivity index (χ1v) is 15.5. The van der Waals surface area contributed by atoms with Crippen molar-refractivity contribution in [3.05, 3.63) is 114 Å². The van der Waals surface area contributed by atoms with E-state index >= 15 is 0 Å². The maximum Gasteiger partial charge on any atom is 0.268 e. The van der Waals surface area contributed by atoms with E-state index in [0.29, 0.717) is 46.3 Å². The lowest BCUT2D eigenvalue weighted by atomic mass is 10.2. The Morgan fingerprint density at radius 1 is 1.02 bits per heavy atom. The van der Waals surface area contributed by atoms with Crippen LogP contribution in [0.15, 0.2) is 102 Å². The largest absolute Gasteiger partial charge is 0.443 e. The Balaban J connectivity index is 1.29. The van der Waals surface area contributed by atoms with Crippen LogP contribution in [-0.2, 0) is 23.0 Å². The van der Waals surface area contributed by atoms with Crippen LogP contribution in [0.2, 0.25) is 0 Å². The number of rotatable bonds is 10. The zero-order valence-electron chi connectivity index (χ0n) is 22.5. The van der Waals surface area contributed by atoms with E-state index in [1.165, 1.54) is 17.7 Å². The van der Waals surface area contributed by atoms with E-state index < -0.39 is 15.3 Å². The van der Waals surface area contributed by atoms with E-state index in [2.05, 4.69) is 20.0 Å². The van der Waals surface area contributed by atoms with Crippen LogP contribution in [0.3, 0.4) is 0 Å². The van der Waals surface area contributed by atoms with Gasteiger partial charge in [-0.1, -0.05) is 36.4 Å². The number of pyridine rings is 1. The molecule has 4 heterocycles. The molecule has 4 aromatic heterocycles. The molecule has 6 aromatic rings. The number of hydrogen-bond acceptors (Lipinski definition) is 8. The minimum absolute atomic E-state index is 0.318. The van der Waals surface area contributed by atoms with Gasteiger partial charge in [-0.25, -0.2) is 18.4 Å². The van der Waals surface area contributed by atoms with Gasteiger partial charge in [0.1, 0.15) is 5.25 Å². The van der Waals surface area contributed by atoms with Gasteiger partial charge in [-0.3, -0.25) is 19.8 Å². The van der Waals surface area contributed by atoms with Crippen molar-refractivity contribution in [2.75, 3.05) is 10.0 Å². The van der Waals surface area contributed by atoms with E-state index in [0.717, 1.165) is 16.0 Å². The summed E-state index contributed by atoms with van der Waals surface area (Å²) in [6.07, 6.45) is 7.11. The lowest BCUT2D eigenvalue weighted by Crippen LogP contribution is -2.19. The number of carbonyl (C=O) groups is 1. The lowest BCUT2D eigenvalue weighted by Gasteiger charge is -2.15. The molecule has 212 valence electrons. The van der Waals surface area contributed by atoms with Crippen LogP contribution in [0, 0.1) is 0 Å². The van der Waals surface area contributed by atoms with Crippen molar-refractivity contribution in [2.45, 2.75) is 25.1 Å². The van der Waals surface area contributed by atoms with Crippen molar-refractivity contribution >= 4 is 49.9 Å². The van der Waals surface area contributed by atoms with Gasteiger partial charge in [0.25, 0.3) is 5.91 Å². The third-order valence-corrected chi connectivity index (χ3v) is 9.64. The van der Waals surface area contributed by atoms with Gasteiger partial charge in [-0.15, -0.1) is 11.3 Å². The molecule has 2 N–H and O–H groups in total. The van der Waals surface area contributed by atoms with Gasteiger partial charge < -0.3 is 8.98 Å². The zero-order chi connectivity index (χ0) is 29.1. The molecule has 0 radical (unpaired) electrons. The van der Waals surface area contributed by atoms with E-state index in [4.69, 9.17) is 9.40 Å². The number of aromatic nitrogens is 4. The van der Waals surface area contributed by atoms with Crippen LogP contribution in [0.5, 0.6) is 0 Å². The van der Waals surface area contributed by atoms with Crippen LogP contribution in [0.1, 0.15) is 33.0 Å². The summed E-state index contributed by atoms with van der Waals surface area (Å²) in [5, 5.41) is 2.19. The molecule has 12 heteroatoms. The number of sulfonamides is 1. The fourth-order valence-corrected chi connectivity index (χ4v) is 6.55. The molecule has 0 aliphatic heterocycles. The van der Waals surface area contributed by atoms with E-state index in [-0.39, 0.29) is 5.91 Å². The minimum Gasteiger partial charge on any atom is -0.443 e. The Hall–Kier alpha value is -4.81. The van der Waals surface area contributed by atoms with Gasteiger partial charge in [0, 0.05) is 18.9 Å². The molecular formula is C30H26N6O4S2. The summed E-state index contributed by atoms with van der Waals surface area (Å²) < 4.78 is 36.2. The first kappa shape index (κ1) is 27.4. The van der Waals surface area contributed by atoms with Crippen LogP contribution in [0.25, 0.3) is 21.7 Å². The number of fused-ring (bicyclic) bond motifs is 1. The number of imidazole rings is 1. The highest BCUT2D eigenvalue weighted by Gasteiger charge is 2.23. The molecule has 1 unspecified atom stereocenters. The second-order valence-electron chi connectivity index (χ2n) is 9.59. The Morgan fingerprint density at radius 2 is 1.88 bits per heavy atom. The van der Waals surface area contributed by atoms with Crippen molar-refractivity contribution in [3.8, 4) is 10.6 Å². The number of amides is 1. The maximum absolute atomic E-state index is 13.3. The highest BCUT2D eigenvalue weighted by atomic mass is 32.2. The minimum atomic E-state index is -3.73. The predicted molar refractivity (Wildman–Crippen MR) is 163 cm³/mol. The van der Waals surface area contributed by atoms with Crippen LogP contribution in [-0.4, -0.2) is 33.8 Å². The number of oxazole rings is 1. The van der Waals surface area contributed by atoms with Gasteiger partial charge >= 0.3 is 0 Å². The molecule has 0 saturated carbocycles. The summed E-state index contributed by atoms with van der Waals surface area (Å²) >= 11 is 1.28. The average Bonchev–Trinajstić information content (AvgIpc) is 3.77. The fourth-order valence-electron chi connectivity index (χ4n) is 4.55. The summed E-state index contributed by atoms with van der Waals surface area (Å²) in [6.45, 7) is 2.16. The normalized spacial score (nSPS) is 12.3. The number of carbonyl (C=O) groups excluding carboxylic acids is 1. The highest BCUT2D eigenvalue weighted by Crippen LogP contribution is 2.30. The number of anilines is 2. The molecule has 1 atom stereocenters. The third kappa shape index (κ3) is 5.80. The van der Waals surface area contributed by atoms with Gasteiger partial charge in [-0.2, -0.15) is 0 Å². The SMILES string of the molecule is CC(c1ccccc1)S(=O)(=O)Nc1ccc2c(c1)nc(NC(=O)c1ccc(-c3cnco3)s1)n2CCc1cccnc1. The Morgan fingerprint density at radius 3 is 2.64 bits per heavy atom. The number of thiophene rings is 1. The van der Waals surface area contributed by atoms with Crippen LogP contribution >= 0.6 is 11.3 Å². The first-order chi connectivity index (χ1) is 20.4. The first-order valence-electron chi connectivity index (χ1n) is 13.1. The highest BCUT2D eigenvalue weighted by molar-refractivity contribution is 7.92. The van der Waals surface area contributed by atoms with Gasteiger partial charge in [0.05, 0.1) is 32.7 Å². The zero-order valence-corrected chi connectivity index (χ0v) is 24.1. The van der Waals surface area contributed by atoms with Crippen molar-refractivity contribution in [3.63, 3.8) is 0 Å². The summed E-state index contributed by atoms with van der Waals surface area (Å²) in [5.41, 5.74) is 3.40. The average molecular weight is 599 g/mol. The Bertz CT molecular complexity index is 1940. The number of benzene rings is 2.